The first-order valence-corrected chi connectivity index (χ1v) is 11.0. The molecule has 2 atom stereocenters. The molecule has 0 spiro atoms. The van der Waals surface area contributed by atoms with E-state index in [9.17, 15) is 9.35 Å². The van der Waals surface area contributed by atoms with Gasteiger partial charge >= 0.3 is 0 Å². The smallest absolute Gasteiger partial charge is 0.260 e. The molecule has 0 aliphatic carbocycles. The minimum Gasteiger partial charge on any atom is -0.612 e. The van der Waals surface area contributed by atoms with Crippen molar-refractivity contribution in [2.45, 2.75) is 24.8 Å². The zero-order valence-electron chi connectivity index (χ0n) is 15.6. The first-order chi connectivity index (χ1) is 13.4. The zero-order valence-corrected chi connectivity index (χ0v) is 17.2. The number of nitrogens with one attached hydrogen (secondary N) is 2. The van der Waals surface area contributed by atoms with Gasteiger partial charge in [-0.25, -0.2) is 4.52 Å². The lowest BCUT2D eigenvalue weighted by Crippen LogP contribution is -2.36. The van der Waals surface area contributed by atoms with Crippen molar-refractivity contribution in [1.29, 1.82) is 0 Å². The Labute approximate surface area is 169 Å². The lowest BCUT2D eigenvalue weighted by atomic mass is 10.1. The van der Waals surface area contributed by atoms with Gasteiger partial charge in [0, 0.05) is 29.7 Å². The molecule has 0 radical (unpaired) electrons. The molecule has 2 N–H and O–H groups in total. The van der Waals surface area contributed by atoms with Gasteiger partial charge in [0.05, 0.1) is 28.9 Å². The molecule has 0 fully saturated rings. The van der Waals surface area contributed by atoms with Crippen LogP contribution >= 0.6 is 11.3 Å². The average Bonchev–Trinajstić information content (AvgIpc) is 3.25. The minimum absolute atomic E-state index is 0.0290. The maximum absolute atomic E-state index is 12.8. The maximum atomic E-state index is 12.8. The summed E-state index contributed by atoms with van der Waals surface area (Å²) in [6.45, 7) is 3.96. The topological polar surface area (TPSA) is 94.4 Å². The summed E-state index contributed by atoms with van der Waals surface area (Å²) < 4.78 is 13.4. The first kappa shape index (κ1) is 18.7. The van der Waals surface area contributed by atoms with E-state index in [0.717, 1.165) is 26.5 Å². The van der Waals surface area contributed by atoms with Gasteiger partial charge in [0.2, 0.25) is 0 Å². The molecule has 1 aliphatic rings. The molecule has 0 aromatic carbocycles. The van der Waals surface area contributed by atoms with Gasteiger partial charge < -0.3 is 15.2 Å². The number of amides is 1. The SMILES string of the molecule is CC1=CNC(C)C(NC(=O)c2cnn3cc(-c4cncc([S+](C)[O-])c4)sc23)=C1. The standard InChI is InChI=1S/C19H19N5O2S2/c1-11-4-16(12(2)21-6-11)23-18(25)15-9-22-24-10-17(27-19(15)24)13-5-14(28(3)26)8-20-7-13/h4-10,12,21H,1-3H3,(H,23,25). The summed E-state index contributed by atoms with van der Waals surface area (Å²) in [5.41, 5.74) is 3.24. The second-order valence-electron chi connectivity index (χ2n) is 6.60. The molecule has 0 saturated heterocycles. The van der Waals surface area contributed by atoms with Crippen molar-refractivity contribution < 1.29 is 9.35 Å². The number of nitrogens with zero attached hydrogens (tertiary/aromatic N) is 3. The van der Waals surface area contributed by atoms with Crippen LogP contribution in [0.25, 0.3) is 15.3 Å². The molecule has 3 aromatic heterocycles. The minimum atomic E-state index is -1.10. The number of hydrogen-bond donors (Lipinski definition) is 2. The van der Waals surface area contributed by atoms with Gasteiger partial charge in [0.25, 0.3) is 5.91 Å². The Kier molecular flexibility index (Phi) is 4.96. The molecule has 3 aromatic rings. The van der Waals surface area contributed by atoms with E-state index in [1.807, 2.05) is 38.4 Å². The predicted octanol–water partition coefficient (Wildman–Crippen LogP) is 2.70. The number of thiazole rings is 1. The Morgan fingerprint density at radius 3 is 3.00 bits per heavy atom. The van der Waals surface area contributed by atoms with Crippen LogP contribution in [-0.2, 0) is 11.2 Å². The third-order valence-electron chi connectivity index (χ3n) is 4.44. The van der Waals surface area contributed by atoms with E-state index < -0.39 is 11.2 Å². The van der Waals surface area contributed by atoms with E-state index in [-0.39, 0.29) is 11.9 Å². The van der Waals surface area contributed by atoms with Crippen LogP contribution in [0.5, 0.6) is 0 Å². The third kappa shape index (κ3) is 3.56. The fourth-order valence-corrected chi connectivity index (χ4v) is 4.43. The molecule has 1 amide bonds. The third-order valence-corrected chi connectivity index (χ3v) is 6.49. The van der Waals surface area contributed by atoms with Gasteiger partial charge in [0.15, 0.2) is 4.90 Å². The van der Waals surface area contributed by atoms with Crippen molar-refractivity contribution in [2.24, 2.45) is 0 Å². The number of aromatic nitrogens is 3. The molecular formula is C19H19N5O2S2. The molecular weight excluding hydrogens is 394 g/mol. The van der Waals surface area contributed by atoms with E-state index in [1.165, 1.54) is 11.3 Å². The summed E-state index contributed by atoms with van der Waals surface area (Å²) in [4.78, 5) is 19.3. The molecule has 0 saturated carbocycles. The lowest BCUT2D eigenvalue weighted by Gasteiger charge is -2.21. The number of fused-ring (bicyclic) bond motifs is 1. The van der Waals surface area contributed by atoms with Gasteiger partial charge in [-0.15, -0.1) is 11.3 Å². The normalized spacial score (nSPS) is 17.6. The van der Waals surface area contributed by atoms with E-state index in [1.54, 1.807) is 29.4 Å². The van der Waals surface area contributed by atoms with Gasteiger partial charge in [-0.05, 0) is 42.9 Å². The summed E-state index contributed by atoms with van der Waals surface area (Å²) in [6, 6.07) is 1.88. The van der Waals surface area contributed by atoms with Crippen molar-refractivity contribution in [3.63, 3.8) is 0 Å². The first-order valence-electron chi connectivity index (χ1n) is 8.64. The maximum Gasteiger partial charge on any atom is 0.260 e. The fourth-order valence-electron chi connectivity index (χ4n) is 2.89. The number of allylic oxidation sites excluding steroid dienone is 2. The van der Waals surface area contributed by atoms with Crippen LogP contribution in [0, 0.1) is 0 Å². The predicted molar refractivity (Wildman–Crippen MR) is 111 cm³/mol. The van der Waals surface area contributed by atoms with Crippen LogP contribution in [0.4, 0.5) is 0 Å². The fraction of sp³-hybridized carbons (Fsp3) is 0.211. The second kappa shape index (κ2) is 7.42. The largest absolute Gasteiger partial charge is 0.612 e. The number of pyridine rings is 1. The van der Waals surface area contributed by atoms with Crippen molar-refractivity contribution >= 4 is 33.3 Å². The Hall–Kier alpha value is -2.62. The second-order valence-corrected chi connectivity index (χ2v) is 9.01. The highest BCUT2D eigenvalue weighted by atomic mass is 32.2. The zero-order chi connectivity index (χ0) is 19.8. The van der Waals surface area contributed by atoms with Crippen LogP contribution in [0.2, 0.25) is 0 Å². The van der Waals surface area contributed by atoms with Crippen LogP contribution < -0.4 is 10.6 Å². The van der Waals surface area contributed by atoms with Crippen LogP contribution in [0.15, 0.2) is 59.3 Å². The number of rotatable bonds is 4. The Morgan fingerprint density at radius 2 is 2.21 bits per heavy atom. The van der Waals surface area contributed by atoms with Gasteiger partial charge in [-0.2, -0.15) is 5.10 Å². The monoisotopic (exact) mass is 413 g/mol. The molecule has 1 aliphatic heterocycles. The van der Waals surface area contributed by atoms with E-state index in [0.29, 0.717) is 10.5 Å². The van der Waals surface area contributed by atoms with Gasteiger partial charge in [-0.3, -0.25) is 9.78 Å². The van der Waals surface area contributed by atoms with E-state index in [2.05, 4.69) is 20.7 Å². The van der Waals surface area contributed by atoms with Crippen molar-refractivity contribution in [3.8, 4) is 10.4 Å². The summed E-state index contributed by atoms with van der Waals surface area (Å²) in [7, 11) is 0. The molecule has 7 nitrogen and oxygen atoms in total. The molecule has 2 unspecified atom stereocenters. The molecule has 9 heteroatoms. The number of carbonyl (C=O) groups is 1. The highest BCUT2D eigenvalue weighted by Gasteiger charge is 2.20. The van der Waals surface area contributed by atoms with Crippen molar-refractivity contribution in [3.05, 3.63) is 60.0 Å². The number of hydrogen-bond acceptors (Lipinski definition) is 6. The summed E-state index contributed by atoms with van der Waals surface area (Å²) in [6.07, 6.45) is 12.3. The molecule has 144 valence electrons. The lowest BCUT2D eigenvalue weighted by molar-refractivity contribution is 0.0965. The quantitative estimate of drug-likeness (QED) is 0.642. The number of dihydropyridines is 1. The summed E-state index contributed by atoms with van der Waals surface area (Å²) in [5.74, 6) is -0.195. The summed E-state index contributed by atoms with van der Waals surface area (Å²) >= 11 is 0.345. The van der Waals surface area contributed by atoms with E-state index >= 15 is 0 Å². The van der Waals surface area contributed by atoms with Gasteiger partial charge in [0.1, 0.15) is 11.1 Å². The van der Waals surface area contributed by atoms with E-state index in [4.69, 9.17) is 0 Å². The molecule has 0 bridgehead atoms. The molecule has 28 heavy (non-hydrogen) atoms. The van der Waals surface area contributed by atoms with Crippen LogP contribution in [0.3, 0.4) is 0 Å². The number of carbonyl (C=O) groups excluding carboxylic acids is 1. The van der Waals surface area contributed by atoms with Gasteiger partial charge in [-0.1, -0.05) is 0 Å². The van der Waals surface area contributed by atoms with Crippen LogP contribution in [0.1, 0.15) is 24.2 Å². The Balaban J connectivity index is 1.64. The molecule has 4 rings (SSSR count). The average molecular weight is 414 g/mol. The summed E-state index contributed by atoms with van der Waals surface area (Å²) in [5, 5.41) is 10.5. The van der Waals surface area contributed by atoms with Crippen LogP contribution in [-0.4, -0.2) is 37.4 Å². The Bertz CT molecular complexity index is 1110. The highest BCUT2D eigenvalue weighted by Crippen LogP contribution is 2.31. The molecule has 4 heterocycles. The van der Waals surface area contributed by atoms with Crippen molar-refractivity contribution in [2.75, 3.05) is 6.26 Å². The van der Waals surface area contributed by atoms with Crippen molar-refractivity contribution in [1.82, 2.24) is 25.2 Å². The highest BCUT2D eigenvalue weighted by molar-refractivity contribution is 7.90. The Morgan fingerprint density at radius 1 is 1.39 bits per heavy atom.